The van der Waals surface area contributed by atoms with E-state index in [4.69, 9.17) is 16.3 Å². The number of nitrogens with zero attached hydrogens (tertiary/aromatic N) is 4. The number of aryl methyl sites for hydroxylation is 1. The minimum atomic E-state index is -4.54. The molecular formula is C47H54ClN7O6S. The highest BCUT2D eigenvalue weighted by Crippen LogP contribution is 2.43. The fourth-order valence-electron chi connectivity index (χ4n) is 8.88. The molecule has 0 bridgehead atoms. The van der Waals surface area contributed by atoms with Gasteiger partial charge < -0.3 is 24.8 Å². The molecule has 0 radical (unpaired) electrons. The van der Waals surface area contributed by atoms with Crippen molar-refractivity contribution in [1.29, 1.82) is 0 Å². The summed E-state index contributed by atoms with van der Waals surface area (Å²) in [4.78, 5) is 35.4. The van der Waals surface area contributed by atoms with Gasteiger partial charge in [-0.25, -0.2) is 13.1 Å². The molecule has 4 aromatic carbocycles. The van der Waals surface area contributed by atoms with Gasteiger partial charge in [0.2, 0.25) is 0 Å². The van der Waals surface area contributed by atoms with Gasteiger partial charge in [0.15, 0.2) is 0 Å². The van der Waals surface area contributed by atoms with E-state index in [0.717, 1.165) is 111 Å². The number of halogens is 1. The Morgan fingerprint density at radius 2 is 1.69 bits per heavy atom. The molecule has 3 heterocycles. The van der Waals surface area contributed by atoms with Gasteiger partial charge in [0.1, 0.15) is 17.2 Å². The first kappa shape index (κ1) is 43.2. The van der Waals surface area contributed by atoms with Crippen molar-refractivity contribution in [3.05, 3.63) is 122 Å². The second kappa shape index (κ2) is 17.8. The number of nitro benzene ring substituents is 1. The van der Waals surface area contributed by atoms with E-state index in [9.17, 15) is 23.3 Å². The van der Waals surface area contributed by atoms with Gasteiger partial charge in [-0.15, -0.1) is 0 Å². The summed E-state index contributed by atoms with van der Waals surface area (Å²) in [6, 6.07) is 24.6. The van der Waals surface area contributed by atoms with Gasteiger partial charge in [0.25, 0.3) is 21.6 Å². The number of carbonyl (C=O) groups is 1. The number of nitro groups is 1. The number of fused-ring (bicyclic) bond motifs is 1. The number of carbonyl (C=O) groups excluding carboxylic acids is 1. The predicted molar refractivity (Wildman–Crippen MR) is 246 cm³/mol. The zero-order valence-electron chi connectivity index (χ0n) is 35.7. The van der Waals surface area contributed by atoms with Gasteiger partial charge in [-0.1, -0.05) is 43.2 Å². The Bertz CT molecular complexity index is 2630. The summed E-state index contributed by atoms with van der Waals surface area (Å²) in [6.45, 7) is 12.4. The van der Waals surface area contributed by atoms with Crippen molar-refractivity contribution in [3.63, 3.8) is 0 Å². The fraction of sp³-hybridized carbons (Fsp3) is 0.383. The lowest BCUT2D eigenvalue weighted by molar-refractivity contribution is -0.384. The Morgan fingerprint density at radius 1 is 0.952 bits per heavy atom. The molecule has 3 N–H and O–H groups in total. The number of rotatable bonds is 12. The minimum absolute atomic E-state index is 0.00162. The summed E-state index contributed by atoms with van der Waals surface area (Å²) < 4.78 is 36.0. The van der Waals surface area contributed by atoms with Crippen molar-refractivity contribution in [2.75, 3.05) is 63.1 Å². The minimum Gasteiger partial charge on any atom is -0.456 e. The Morgan fingerprint density at radius 3 is 2.42 bits per heavy atom. The number of amides is 1. The van der Waals surface area contributed by atoms with Gasteiger partial charge in [0.05, 0.1) is 15.4 Å². The zero-order valence-corrected chi connectivity index (χ0v) is 37.2. The van der Waals surface area contributed by atoms with Crippen LogP contribution in [0, 0.1) is 22.5 Å². The van der Waals surface area contributed by atoms with Crippen molar-refractivity contribution in [3.8, 4) is 11.5 Å². The average Bonchev–Trinajstić information content (AvgIpc) is 3.62. The third kappa shape index (κ3) is 9.94. The van der Waals surface area contributed by atoms with Crippen molar-refractivity contribution in [2.24, 2.45) is 5.41 Å². The average molecular weight is 881 g/mol. The number of hydrogen-bond acceptors (Lipinski definition) is 10. The maximum Gasteiger partial charge on any atom is 0.293 e. The Kier molecular flexibility index (Phi) is 12.4. The summed E-state index contributed by atoms with van der Waals surface area (Å²) in [5.74, 6) is -0.277. The highest BCUT2D eigenvalue weighted by molar-refractivity contribution is 7.90. The van der Waals surface area contributed by atoms with E-state index in [-0.39, 0.29) is 34.1 Å². The molecular weight excluding hydrogens is 826 g/mol. The summed E-state index contributed by atoms with van der Waals surface area (Å²) in [7, 11) is -2.51. The SMILES string of the molecule is Cc1cc2cc(Oc3cc(N4CCN(CC5=C(c6ccc(Cl)cc6)CC(C)(C)CC5)CC4)ccc3C(=O)NS(=O)(=O)c3ccc(NC4CCN(C)CC4)c([N+](=O)[O-])c3)ccc2[nH]1. The number of piperidine rings is 1. The molecule has 0 atom stereocenters. The Labute approximate surface area is 368 Å². The number of aromatic amines is 1. The maximum atomic E-state index is 14.0. The lowest BCUT2D eigenvalue weighted by atomic mass is 9.72. The molecule has 1 amide bonds. The molecule has 0 spiro atoms. The van der Waals surface area contributed by atoms with E-state index in [1.54, 1.807) is 18.2 Å². The number of hydrogen-bond donors (Lipinski definition) is 3. The molecule has 2 aliphatic heterocycles. The third-order valence-corrected chi connectivity index (χ3v) is 14.1. The number of nitrogens with one attached hydrogen (secondary N) is 3. The maximum absolute atomic E-state index is 14.0. The standard InChI is InChI=1S/C47H54ClN7O6S/c1-31-25-34-26-38(10-13-42(34)49-31)61-45-27-37(54-23-21-53(22-24-54)30-33-15-18-47(2,3)29-41(33)32-5-7-35(48)8-6-32)9-12-40(45)46(56)51-62(59,60)39-11-14-43(44(28-39)55(57)58)50-36-16-19-52(4)20-17-36/h5-14,25-28,36,49-50H,15-24,29-30H2,1-4H3,(H,51,56). The number of aromatic nitrogens is 1. The van der Waals surface area contributed by atoms with Crippen LogP contribution in [-0.2, 0) is 10.0 Å². The van der Waals surface area contributed by atoms with E-state index >= 15 is 0 Å². The molecule has 1 aromatic heterocycles. The topological polar surface area (TPSA) is 153 Å². The van der Waals surface area contributed by atoms with Crippen LogP contribution >= 0.6 is 11.6 Å². The fourth-order valence-corrected chi connectivity index (χ4v) is 10.00. The van der Waals surface area contributed by atoms with E-state index in [0.29, 0.717) is 5.75 Å². The van der Waals surface area contributed by atoms with Crippen LogP contribution in [0.15, 0.2) is 95.4 Å². The van der Waals surface area contributed by atoms with Crippen LogP contribution in [0.5, 0.6) is 11.5 Å². The highest BCUT2D eigenvalue weighted by atomic mass is 35.5. The van der Waals surface area contributed by atoms with Crippen LogP contribution in [0.1, 0.15) is 67.6 Å². The number of allylic oxidation sites excluding steroid dienone is 1. The molecule has 0 saturated carbocycles. The Balaban J connectivity index is 1.02. The second-order valence-corrected chi connectivity index (χ2v) is 19.9. The number of anilines is 2. The molecule has 326 valence electrons. The van der Waals surface area contributed by atoms with Gasteiger partial charge in [0, 0.05) is 78.2 Å². The number of ether oxygens (including phenoxy) is 1. The molecule has 15 heteroatoms. The molecule has 1 aliphatic carbocycles. The first-order valence-electron chi connectivity index (χ1n) is 21.3. The van der Waals surface area contributed by atoms with E-state index < -0.39 is 25.7 Å². The molecule has 13 nitrogen and oxygen atoms in total. The van der Waals surface area contributed by atoms with Gasteiger partial charge in [-0.05, 0) is 136 Å². The summed E-state index contributed by atoms with van der Waals surface area (Å²) >= 11 is 6.25. The zero-order chi connectivity index (χ0) is 43.8. The number of sulfonamides is 1. The first-order valence-corrected chi connectivity index (χ1v) is 23.1. The largest absolute Gasteiger partial charge is 0.456 e. The van der Waals surface area contributed by atoms with Crippen LogP contribution in [0.2, 0.25) is 5.02 Å². The lowest BCUT2D eigenvalue weighted by Gasteiger charge is -2.39. The first-order chi connectivity index (χ1) is 29.6. The Hall–Kier alpha value is -5.41. The third-order valence-electron chi connectivity index (χ3n) is 12.5. The van der Waals surface area contributed by atoms with E-state index in [1.807, 2.05) is 50.4 Å². The van der Waals surface area contributed by atoms with Crippen LogP contribution in [0.25, 0.3) is 16.5 Å². The van der Waals surface area contributed by atoms with Crippen molar-refractivity contribution in [2.45, 2.75) is 63.8 Å². The predicted octanol–water partition coefficient (Wildman–Crippen LogP) is 9.24. The molecule has 3 aliphatic rings. The number of likely N-dealkylation sites (tertiary alicyclic amines) is 1. The second-order valence-electron chi connectivity index (χ2n) is 17.8. The molecule has 2 fully saturated rings. The van der Waals surface area contributed by atoms with Crippen LogP contribution in [0.4, 0.5) is 17.1 Å². The monoisotopic (exact) mass is 879 g/mol. The summed E-state index contributed by atoms with van der Waals surface area (Å²) in [5, 5.41) is 17.0. The molecule has 2 saturated heterocycles. The summed E-state index contributed by atoms with van der Waals surface area (Å²) in [6.07, 6.45) is 4.81. The molecule has 62 heavy (non-hydrogen) atoms. The molecule has 5 aromatic rings. The van der Waals surface area contributed by atoms with Crippen molar-refractivity contribution in [1.82, 2.24) is 19.5 Å². The highest BCUT2D eigenvalue weighted by Gasteiger charge is 2.31. The molecule has 0 unspecified atom stereocenters. The van der Waals surface area contributed by atoms with Gasteiger partial charge >= 0.3 is 0 Å². The summed E-state index contributed by atoms with van der Waals surface area (Å²) in [5.41, 5.74) is 6.96. The number of piperazine rings is 1. The quantitative estimate of drug-likeness (QED) is 0.0817. The number of H-pyrrole nitrogens is 1. The van der Waals surface area contributed by atoms with Crippen LogP contribution in [-0.4, -0.2) is 92.9 Å². The van der Waals surface area contributed by atoms with Crippen LogP contribution < -0.4 is 19.7 Å². The van der Waals surface area contributed by atoms with Crippen molar-refractivity contribution < 1.29 is 22.9 Å². The van der Waals surface area contributed by atoms with Gasteiger partial charge in [-0.2, -0.15) is 0 Å². The number of benzene rings is 4. The van der Waals surface area contributed by atoms with Gasteiger partial charge in [-0.3, -0.25) is 19.8 Å². The van der Waals surface area contributed by atoms with E-state index in [1.165, 1.54) is 28.8 Å². The van der Waals surface area contributed by atoms with Crippen molar-refractivity contribution >= 4 is 61.1 Å². The smallest absolute Gasteiger partial charge is 0.293 e. The van der Waals surface area contributed by atoms with E-state index in [2.05, 4.69) is 55.7 Å². The molecule has 8 rings (SSSR count). The normalized spacial score (nSPS) is 17.9. The van der Waals surface area contributed by atoms with Crippen LogP contribution in [0.3, 0.4) is 0 Å². The lowest BCUT2D eigenvalue weighted by Crippen LogP contribution is -2.47.